The van der Waals surface area contributed by atoms with Gasteiger partial charge in [-0.05, 0) is 36.2 Å². The van der Waals surface area contributed by atoms with Crippen molar-refractivity contribution in [3.8, 4) is 5.75 Å². The van der Waals surface area contributed by atoms with E-state index in [2.05, 4.69) is 10.3 Å². The van der Waals surface area contributed by atoms with E-state index in [1.807, 2.05) is 19.1 Å². The standard InChI is InChI=1S/C15H17N3O2/c1-10-3-5-12(7-13(10)20-2)15(19)18-14-6-4-11(8-16)9-17-14/h3-7,9H,8,16H2,1-2H3,(H,17,18,19). The van der Waals surface area contributed by atoms with Crippen LogP contribution in [-0.4, -0.2) is 18.0 Å². The molecule has 20 heavy (non-hydrogen) atoms. The summed E-state index contributed by atoms with van der Waals surface area (Å²) in [5, 5.41) is 2.73. The van der Waals surface area contributed by atoms with Crippen molar-refractivity contribution in [1.82, 2.24) is 4.98 Å². The first kappa shape index (κ1) is 14.0. The van der Waals surface area contributed by atoms with E-state index in [1.54, 1.807) is 31.5 Å². The molecule has 0 saturated carbocycles. The van der Waals surface area contributed by atoms with E-state index < -0.39 is 0 Å². The van der Waals surface area contributed by atoms with Crippen molar-refractivity contribution in [2.75, 3.05) is 12.4 Å². The zero-order valence-corrected chi connectivity index (χ0v) is 11.5. The second kappa shape index (κ2) is 6.16. The molecular weight excluding hydrogens is 254 g/mol. The van der Waals surface area contributed by atoms with Crippen LogP contribution in [0.5, 0.6) is 5.75 Å². The summed E-state index contributed by atoms with van der Waals surface area (Å²) >= 11 is 0. The van der Waals surface area contributed by atoms with Gasteiger partial charge in [0.25, 0.3) is 5.91 Å². The van der Waals surface area contributed by atoms with Crippen LogP contribution in [0.25, 0.3) is 0 Å². The van der Waals surface area contributed by atoms with Crippen molar-refractivity contribution < 1.29 is 9.53 Å². The van der Waals surface area contributed by atoms with E-state index in [4.69, 9.17) is 10.5 Å². The maximum absolute atomic E-state index is 12.1. The zero-order valence-electron chi connectivity index (χ0n) is 11.5. The molecule has 1 amide bonds. The molecule has 0 atom stereocenters. The molecule has 0 spiro atoms. The molecule has 0 fully saturated rings. The lowest BCUT2D eigenvalue weighted by Gasteiger charge is -2.08. The largest absolute Gasteiger partial charge is 0.496 e. The highest BCUT2D eigenvalue weighted by atomic mass is 16.5. The topological polar surface area (TPSA) is 77.2 Å². The van der Waals surface area contributed by atoms with Crippen molar-refractivity contribution in [1.29, 1.82) is 0 Å². The highest BCUT2D eigenvalue weighted by Crippen LogP contribution is 2.19. The van der Waals surface area contributed by atoms with Crippen molar-refractivity contribution in [3.63, 3.8) is 0 Å². The number of aromatic nitrogens is 1. The summed E-state index contributed by atoms with van der Waals surface area (Å²) < 4.78 is 5.21. The average Bonchev–Trinajstić information content (AvgIpc) is 2.48. The molecule has 0 unspecified atom stereocenters. The lowest BCUT2D eigenvalue weighted by atomic mass is 10.1. The monoisotopic (exact) mass is 271 g/mol. The Morgan fingerprint density at radius 2 is 2.15 bits per heavy atom. The first-order valence-corrected chi connectivity index (χ1v) is 6.25. The molecule has 0 saturated heterocycles. The van der Waals surface area contributed by atoms with Gasteiger partial charge in [-0.15, -0.1) is 0 Å². The molecule has 5 nitrogen and oxygen atoms in total. The van der Waals surface area contributed by atoms with Gasteiger partial charge >= 0.3 is 0 Å². The number of aryl methyl sites for hydroxylation is 1. The predicted octanol–water partition coefficient (Wildman–Crippen LogP) is 2.11. The molecule has 0 aliphatic rings. The van der Waals surface area contributed by atoms with Crippen molar-refractivity contribution in [3.05, 3.63) is 53.2 Å². The van der Waals surface area contributed by atoms with Gasteiger partial charge in [0.05, 0.1) is 7.11 Å². The Morgan fingerprint density at radius 3 is 2.75 bits per heavy atom. The number of carbonyl (C=O) groups is 1. The van der Waals surface area contributed by atoms with Crippen LogP contribution in [0.4, 0.5) is 5.82 Å². The highest BCUT2D eigenvalue weighted by Gasteiger charge is 2.09. The number of benzene rings is 1. The van der Waals surface area contributed by atoms with E-state index in [1.165, 1.54) is 0 Å². The van der Waals surface area contributed by atoms with Crippen LogP contribution >= 0.6 is 0 Å². The number of anilines is 1. The Labute approximate surface area is 117 Å². The third kappa shape index (κ3) is 3.13. The molecule has 104 valence electrons. The number of nitrogens with zero attached hydrogens (tertiary/aromatic N) is 1. The Bertz CT molecular complexity index is 609. The van der Waals surface area contributed by atoms with Gasteiger partial charge in [0.2, 0.25) is 0 Å². The normalized spacial score (nSPS) is 10.2. The Kier molecular flexibility index (Phi) is 4.32. The smallest absolute Gasteiger partial charge is 0.256 e. The van der Waals surface area contributed by atoms with Crippen molar-refractivity contribution in [2.24, 2.45) is 5.73 Å². The minimum absolute atomic E-state index is 0.226. The maximum atomic E-state index is 12.1. The van der Waals surface area contributed by atoms with E-state index >= 15 is 0 Å². The van der Waals surface area contributed by atoms with Crippen molar-refractivity contribution in [2.45, 2.75) is 13.5 Å². The van der Waals surface area contributed by atoms with Gasteiger partial charge in [-0.1, -0.05) is 12.1 Å². The molecule has 2 rings (SSSR count). The number of ether oxygens (including phenoxy) is 1. The summed E-state index contributed by atoms with van der Waals surface area (Å²) in [7, 11) is 1.58. The molecule has 3 N–H and O–H groups in total. The molecule has 1 aromatic heterocycles. The molecule has 0 aliphatic carbocycles. The number of carbonyl (C=O) groups excluding carboxylic acids is 1. The first-order valence-electron chi connectivity index (χ1n) is 6.25. The maximum Gasteiger partial charge on any atom is 0.256 e. The molecule has 0 bridgehead atoms. The lowest BCUT2D eigenvalue weighted by molar-refractivity contribution is 0.102. The number of nitrogens with two attached hydrogens (primary N) is 1. The van der Waals surface area contributed by atoms with Crippen LogP contribution in [0.3, 0.4) is 0 Å². The van der Waals surface area contributed by atoms with Gasteiger partial charge in [-0.25, -0.2) is 4.98 Å². The number of methoxy groups -OCH3 is 1. The van der Waals surface area contributed by atoms with Crippen LogP contribution in [0.2, 0.25) is 0 Å². The first-order chi connectivity index (χ1) is 9.63. The van der Waals surface area contributed by atoms with Gasteiger partial charge in [0.1, 0.15) is 11.6 Å². The Balaban J connectivity index is 2.14. The van der Waals surface area contributed by atoms with Crippen molar-refractivity contribution >= 4 is 11.7 Å². The fourth-order valence-corrected chi connectivity index (χ4v) is 1.77. The predicted molar refractivity (Wildman–Crippen MR) is 77.8 cm³/mol. The number of amides is 1. The number of pyridine rings is 1. The second-order valence-electron chi connectivity index (χ2n) is 4.39. The van der Waals surface area contributed by atoms with Gasteiger partial charge in [0, 0.05) is 18.3 Å². The molecule has 5 heteroatoms. The summed E-state index contributed by atoms with van der Waals surface area (Å²) in [6.07, 6.45) is 1.64. The summed E-state index contributed by atoms with van der Waals surface area (Å²) in [5.74, 6) is 0.951. The van der Waals surface area contributed by atoms with Gasteiger partial charge in [-0.3, -0.25) is 4.79 Å². The minimum Gasteiger partial charge on any atom is -0.496 e. The molecule has 1 aromatic carbocycles. The van der Waals surface area contributed by atoms with E-state index in [0.29, 0.717) is 23.7 Å². The third-order valence-corrected chi connectivity index (χ3v) is 2.97. The summed E-state index contributed by atoms with van der Waals surface area (Å²) in [5.41, 5.74) is 7.92. The van der Waals surface area contributed by atoms with E-state index in [9.17, 15) is 4.79 Å². The summed E-state index contributed by atoms with van der Waals surface area (Å²) in [6, 6.07) is 8.86. The van der Waals surface area contributed by atoms with Gasteiger partial charge < -0.3 is 15.8 Å². The SMILES string of the molecule is COc1cc(C(=O)Nc2ccc(CN)cn2)ccc1C. The number of rotatable bonds is 4. The summed E-state index contributed by atoms with van der Waals surface area (Å²) in [6.45, 7) is 2.35. The van der Waals surface area contributed by atoms with Crippen LogP contribution in [0.15, 0.2) is 36.5 Å². The third-order valence-electron chi connectivity index (χ3n) is 2.97. The van der Waals surface area contributed by atoms with Gasteiger partial charge in [0.15, 0.2) is 0 Å². The highest BCUT2D eigenvalue weighted by molar-refractivity contribution is 6.04. The quantitative estimate of drug-likeness (QED) is 0.892. The molecule has 1 heterocycles. The molecule has 0 aliphatic heterocycles. The summed E-state index contributed by atoms with van der Waals surface area (Å²) in [4.78, 5) is 16.2. The lowest BCUT2D eigenvalue weighted by Crippen LogP contribution is -2.13. The van der Waals surface area contributed by atoms with E-state index in [-0.39, 0.29) is 5.91 Å². The van der Waals surface area contributed by atoms with Crippen LogP contribution < -0.4 is 15.8 Å². The molecule has 0 radical (unpaired) electrons. The Hall–Kier alpha value is -2.40. The minimum atomic E-state index is -0.226. The van der Waals surface area contributed by atoms with E-state index in [0.717, 1.165) is 11.1 Å². The van der Waals surface area contributed by atoms with Crippen LogP contribution in [0.1, 0.15) is 21.5 Å². The van der Waals surface area contributed by atoms with Crippen LogP contribution in [0, 0.1) is 6.92 Å². The van der Waals surface area contributed by atoms with Crippen LogP contribution in [-0.2, 0) is 6.54 Å². The number of hydrogen-bond acceptors (Lipinski definition) is 4. The second-order valence-corrected chi connectivity index (χ2v) is 4.39. The Morgan fingerprint density at radius 1 is 1.35 bits per heavy atom. The fraction of sp³-hybridized carbons (Fsp3) is 0.200. The van der Waals surface area contributed by atoms with Gasteiger partial charge in [-0.2, -0.15) is 0 Å². The number of nitrogens with one attached hydrogen (secondary N) is 1. The molecular formula is C15H17N3O2. The average molecular weight is 271 g/mol. The number of hydrogen-bond donors (Lipinski definition) is 2. The fourth-order valence-electron chi connectivity index (χ4n) is 1.77. The zero-order chi connectivity index (χ0) is 14.5. The molecule has 2 aromatic rings.